The van der Waals surface area contributed by atoms with Gasteiger partial charge in [-0.15, -0.1) is 0 Å². The number of aryl methyl sites for hydroxylation is 1. The predicted octanol–water partition coefficient (Wildman–Crippen LogP) is 2.87. The Bertz CT molecular complexity index is 736. The van der Waals surface area contributed by atoms with E-state index < -0.39 is 0 Å². The molecule has 2 heterocycles. The zero-order valence-corrected chi connectivity index (χ0v) is 14.4. The number of carbonyl (C=O) groups is 2. The van der Waals surface area contributed by atoms with Crippen LogP contribution in [0.4, 0.5) is 5.69 Å². The molecule has 0 radical (unpaired) electrons. The maximum Gasteiger partial charge on any atom is 0.266 e. The van der Waals surface area contributed by atoms with Crippen molar-refractivity contribution in [2.75, 3.05) is 12.4 Å². The van der Waals surface area contributed by atoms with Crippen molar-refractivity contribution in [3.63, 3.8) is 0 Å². The largest absolute Gasteiger partial charge is 0.337 e. The summed E-state index contributed by atoms with van der Waals surface area (Å²) < 4.78 is 0. The molecule has 0 aromatic heterocycles. The Kier molecular flexibility index (Phi) is 4.42. The van der Waals surface area contributed by atoms with Gasteiger partial charge in [0.15, 0.2) is 0 Å². The summed E-state index contributed by atoms with van der Waals surface area (Å²) in [5.41, 5.74) is 1.98. The molecular formula is C19H23N3O2. The van der Waals surface area contributed by atoms with Gasteiger partial charge in [0.2, 0.25) is 0 Å². The summed E-state index contributed by atoms with van der Waals surface area (Å²) in [4.78, 5) is 29.1. The zero-order valence-electron chi connectivity index (χ0n) is 14.4. The summed E-state index contributed by atoms with van der Waals surface area (Å²) in [6.45, 7) is 4.06. The predicted molar refractivity (Wildman–Crippen MR) is 93.9 cm³/mol. The van der Waals surface area contributed by atoms with E-state index >= 15 is 0 Å². The van der Waals surface area contributed by atoms with Crippen molar-refractivity contribution < 1.29 is 9.59 Å². The molecule has 0 fully saturated rings. The topological polar surface area (TPSA) is 52.7 Å². The van der Waals surface area contributed by atoms with Crippen LogP contribution in [0.3, 0.4) is 0 Å². The van der Waals surface area contributed by atoms with Crippen LogP contribution in [0.2, 0.25) is 0 Å². The van der Waals surface area contributed by atoms with E-state index in [2.05, 4.69) is 11.4 Å². The molecule has 1 aromatic rings. The quantitative estimate of drug-likeness (QED) is 0.870. The lowest BCUT2D eigenvalue weighted by atomic mass is 10.0. The van der Waals surface area contributed by atoms with Crippen molar-refractivity contribution in [1.82, 2.24) is 9.80 Å². The lowest BCUT2D eigenvalue weighted by molar-refractivity contribution is -0.131. The van der Waals surface area contributed by atoms with E-state index in [0.29, 0.717) is 0 Å². The number of para-hydroxylation sites is 1. The molecule has 24 heavy (non-hydrogen) atoms. The Labute approximate surface area is 142 Å². The first-order valence-electron chi connectivity index (χ1n) is 8.40. The van der Waals surface area contributed by atoms with Crippen LogP contribution in [0.25, 0.3) is 0 Å². The van der Waals surface area contributed by atoms with Gasteiger partial charge in [-0.3, -0.25) is 14.5 Å². The number of hydrogen-bond donors (Lipinski definition) is 1. The molecule has 0 aliphatic carbocycles. The molecule has 1 unspecified atom stereocenters. The third kappa shape index (κ3) is 2.82. The fourth-order valence-electron chi connectivity index (χ4n) is 3.27. The van der Waals surface area contributed by atoms with Gasteiger partial charge in [-0.2, -0.15) is 0 Å². The summed E-state index contributed by atoms with van der Waals surface area (Å²) in [6.07, 6.45) is 6.36. The number of amides is 2. The standard InChI is InChI=1S/C19H23N3O2/c1-4-14-9-5-6-10-16(14)20-18(23)15-12-21(3)17-11-7-8-13(2)22(17)19(15)24/h5-6,9-13H,4,7-8H2,1-3H3,(H,20,23). The number of nitrogens with zero attached hydrogens (tertiary/aromatic N) is 2. The van der Waals surface area contributed by atoms with Crippen molar-refractivity contribution in [1.29, 1.82) is 0 Å². The number of rotatable bonds is 3. The Balaban J connectivity index is 1.88. The minimum absolute atomic E-state index is 0.0966. The van der Waals surface area contributed by atoms with Gasteiger partial charge in [-0.1, -0.05) is 25.1 Å². The van der Waals surface area contributed by atoms with Gasteiger partial charge < -0.3 is 10.2 Å². The maximum atomic E-state index is 12.8. The van der Waals surface area contributed by atoms with E-state index in [1.165, 1.54) is 0 Å². The maximum absolute atomic E-state index is 12.8. The van der Waals surface area contributed by atoms with E-state index in [1.807, 2.05) is 50.1 Å². The van der Waals surface area contributed by atoms with Crippen LogP contribution in [-0.4, -0.2) is 34.7 Å². The van der Waals surface area contributed by atoms with Gasteiger partial charge in [-0.25, -0.2) is 0 Å². The van der Waals surface area contributed by atoms with Gasteiger partial charge in [0.25, 0.3) is 11.8 Å². The van der Waals surface area contributed by atoms with Crippen molar-refractivity contribution in [2.24, 2.45) is 0 Å². The molecule has 2 aliphatic heterocycles. The normalized spacial score (nSPS) is 20.3. The van der Waals surface area contributed by atoms with Crippen molar-refractivity contribution >= 4 is 17.5 Å². The van der Waals surface area contributed by atoms with Crippen LogP contribution in [-0.2, 0) is 16.0 Å². The van der Waals surface area contributed by atoms with Gasteiger partial charge in [0.05, 0.1) is 0 Å². The highest BCUT2D eigenvalue weighted by molar-refractivity contribution is 6.23. The molecule has 2 aliphatic rings. The van der Waals surface area contributed by atoms with Gasteiger partial charge in [0, 0.05) is 25.0 Å². The molecule has 3 rings (SSSR count). The van der Waals surface area contributed by atoms with Crippen LogP contribution in [0.5, 0.6) is 0 Å². The smallest absolute Gasteiger partial charge is 0.266 e. The summed E-state index contributed by atoms with van der Waals surface area (Å²) in [7, 11) is 1.87. The lowest BCUT2D eigenvalue weighted by Crippen LogP contribution is -2.49. The first kappa shape index (κ1) is 16.3. The van der Waals surface area contributed by atoms with E-state index in [-0.39, 0.29) is 23.4 Å². The highest BCUT2D eigenvalue weighted by Crippen LogP contribution is 2.29. The number of benzene rings is 1. The first-order chi connectivity index (χ1) is 11.5. The number of anilines is 1. The van der Waals surface area contributed by atoms with Crippen LogP contribution in [0, 0.1) is 0 Å². The van der Waals surface area contributed by atoms with Gasteiger partial charge >= 0.3 is 0 Å². The summed E-state index contributed by atoms with van der Waals surface area (Å²) in [6, 6.07) is 7.76. The second kappa shape index (κ2) is 6.51. The molecule has 0 bridgehead atoms. The third-order valence-electron chi connectivity index (χ3n) is 4.62. The number of nitrogens with one attached hydrogen (secondary N) is 1. The average molecular weight is 325 g/mol. The Morgan fingerprint density at radius 2 is 2.08 bits per heavy atom. The molecule has 1 atom stereocenters. The molecule has 1 aromatic carbocycles. The van der Waals surface area contributed by atoms with E-state index in [0.717, 1.165) is 36.3 Å². The minimum Gasteiger partial charge on any atom is -0.337 e. The molecule has 0 saturated carbocycles. The molecule has 1 N–H and O–H groups in total. The number of allylic oxidation sites excluding steroid dienone is 1. The molecule has 2 amide bonds. The monoisotopic (exact) mass is 325 g/mol. The number of hydrogen-bond acceptors (Lipinski definition) is 3. The van der Waals surface area contributed by atoms with E-state index in [1.54, 1.807) is 11.1 Å². The Morgan fingerprint density at radius 1 is 1.33 bits per heavy atom. The molecule has 126 valence electrons. The second-order valence-electron chi connectivity index (χ2n) is 6.28. The molecular weight excluding hydrogens is 302 g/mol. The van der Waals surface area contributed by atoms with E-state index in [9.17, 15) is 9.59 Å². The molecule has 5 heteroatoms. The molecule has 0 saturated heterocycles. The number of fused-ring (bicyclic) bond motifs is 1. The van der Waals surface area contributed by atoms with Crippen LogP contribution in [0.15, 0.2) is 47.9 Å². The first-order valence-corrected chi connectivity index (χ1v) is 8.40. The Hall–Kier alpha value is -2.56. The Morgan fingerprint density at radius 3 is 2.83 bits per heavy atom. The van der Waals surface area contributed by atoms with Crippen molar-refractivity contribution in [3.8, 4) is 0 Å². The highest BCUT2D eigenvalue weighted by Gasteiger charge is 2.36. The SMILES string of the molecule is CCc1ccccc1NC(=O)C1=CN(C)C2=CCCC(C)N2C1=O. The van der Waals surface area contributed by atoms with Crippen molar-refractivity contribution in [2.45, 2.75) is 39.2 Å². The fourth-order valence-corrected chi connectivity index (χ4v) is 3.27. The molecule has 5 nitrogen and oxygen atoms in total. The van der Waals surface area contributed by atoms with Gasteiger partial charge in [0.1, 0.15) is 11.4 Å². The highest BCUT2D eigenvalue weighted by atomic mass is 16.2. The zero-order chi connectivity index (χ0) is 17.3. The number of carbonyl (C=O) groups excluding carboxylic acids is 2. The van der Waals surface area contributed by atoms with E-state index in [4.69, 9.17) is 0 Å². The average Bonchev–Trinajstić information content (AvgIpc) is 2.58. The fraction of sp³-hybridized carbons (Fsp3) is 0.368. The summed E-state index contributed by atoms with van der Waals surface area (Å²) in [5.74, 6) is 0.284. The van der Waals surface area contributed by atoms with Crippen LogP contribution in [0.1, 0.15) is 32.3 Å². The van der Waals surface area contributed by atoms with Crippen molar-refractivity contribution in [3.05, 3.63) is 53.5 Å². The summed E-state index contributed by atoms with van der Waals surface area (Å²) >= 11 is 0. The van der Waals surface area contributed by atoms with Crippen LogP contribution >= 0.6 is 0 Å². The minimum atomic E-state index is -0.357. The summed E-state index contributed by atoms with van der Waals surface area (Å²) in [5, 5.41) is 2.89. The van der Waals surface area contributed by atoms with Gasteiger partial charge in [-0.05, 0) is 43.9 Å². The second-order valence-corrected chi connectivity index (χ2v) is 6.28. The van der Waals surface area contributed by atoms with Crippen LogP contribution < -0.4 is 5.32 Å². The molecule has 0 spiro atoms. The lowest BCUT2D eigenvalue weighted by Gasteiger charge is -2.41. The third-order valence-corrected chi connectivity index (χ3v) is 4.62.